The van der Waals surface area contributed by atoms with E-state index in [0.717, 1.165) is 22.3 Å². The average molecular weight is 400 g/mol. The Bertz CT molecular complexity index is 1090. The summed E-state index contributed by atoms with van der Waals surface area (Å²) in [6, 6.07) is 20.7. The van der Waals surface area contributed by atoms with Crippen LogP contribution >= 0.6 is 0 Å². The molecular formula is C24H20N2O4. The standard InChI is InChI=1S/C24H20N2O4/c25-22(27)20(13-14-9-11-15(12-10-14)24(29)30)26-23(28)21-18-7-3-1-5-16(18)17-6-2-4-8-19(17)21/h1-12,20-21H,13H2,(H2,25,27)(H,26,28)(H,29,30)/t20-/m1/s1. The minimum Gasteiger partial charge on any atom is -0.478 e. The SMILES string of the molecule is NC(=O)[C@@H](Cc1ccc(C(=O)O)cc1)NC(=O)C1c2ccccc2-c2ccccc21. The molecule has 0 aliphatic heterocycles. The Balaban J connectivity index is 1.58. The van der Waals surface area contributed by atoms with Crippen molar-refractivity contribution in [1.29, 1.82) is 0 Å². The van der Waals surface area contributed by atoms with Crippen molar-refractivity contribution in [1.82, 2.24) is 5.32 Å². The second-order valence-corrected chi connectivity index (χ2v) is 7.28. The highest BCUT2D eigenvalue weighted by atomic mass is 16.4. The van der Waals surface area contributed by atoms with Gasteiger partial charge in [-0.2, -0.15) is 0 Å². The molecule has 0 heterocycles. The van der Waals surface area contributed by atoms with E-state index in [-0.39, 0.29) is 17.9 Å². The van der Waals surface area contributed by atoms with Gasteiger partial charge in [-0.1, -0.05) is 60.7 Å². The lowest BCUT2D eigenvalue weighted by Crippen LogP contribution is -2.47. The lowest BCUT2D eigenvalue weighted by Gasteiger charge is -2.20. The van der Waals surface area contributed by atoms with Crippen LogP contribution in [0.1, 0.15) is 33.0 Å². The number of amides is 2. The highest BCUT2D eigenvalue weighted by Gasteiger charge is 2.34. The van der Waals surface area contributed by atoms with E-state index >= 15 is 0 Å². The fourth-order valence-corrected chi connectivity index (χ4v) is 3.93. The number of carbonyl (C=O) groups excluding carboxylic acids is 2. The van der Waals surface area contributed by atoms with E-state index in [1.54, 1.807) is 12.1 Å². The van der Waals surface area contributed by atoms with Crippen LogP contribution in [0.2, 0.25) is 0 Å². The van der Waals surface area contributed by atoms with Crippen LogP contribution in [0.15, 0.2) is 72.8 Å². The molecule has 0 bridgehead atoms. The third-order valence-corrected chi connectivity index (χ3v) is 5.40. The van der Waals surface area contributed by atoms with E-state index in [0.29, 0.717) is 5.56 Å². The smallest absolute Gasteiger partial charge is 0.335 e. The molecule has 1 atom stereocenters. The van der Waals surface area contributed by atoms with E-state index in [2.05, 4.69) is 5.32 Å². The molecule has 2 amide bonds. The highest BCUT2D eigenvalue weighted by molar-refractivity contribution is 5.98. The molecule has 4 rings (SSSR count). The highest BCUT2D eigenvalue weighted by Crippen LogP contribution is 2.44. The Morgan fingerprint density at radius 2 is 1.40 bits per heavy atom. The lowest BCUT2D eigenvalue weighted by molar-refractivity contribution is -0.127. The third kappa shape index (κ3) is 3.55. The number of fused-ring (bicyclic) bond motifs is 3. The van der Waals surface area contributed by atoms with Gasteiger partial charge in [0.2, 0.25) is 11.8 Å². The molecule has 4 N–H and O–H groups in total. The molecule has 0 radical (unpaired) electrons. The number of hydrogen-bond donors (Lipinski definition) is 3. The van der Waals surface area contributed by atoms with Gasteiger partial charge in [-0.3, -0.25) is 9.59 Å². The Morgan fingerprint density at radius 1 is 0.867 bits per heavy atom. The maximum absolute atomic E-state index is 13.2. The largest absolute Gasteiger partial charge is 0.478 e. The maximum atomic E-state index is 13.2. The monoisotopic (exact) mass is 400 g/mol. The van der Waals surface area contributed by atoms with Gasteiger partial charge in [-0.15, -0.1) is 0 Å². The molecule has 0 spiro atoms. The number of primary amides is 1. The predicted octanol–water partition coefficient (Wildman–Crippen LogP) is 2.71. The number of carbonyl (C=O) groups is 3. The molecule has 0 fully saturated rings. The second kappa shape index (κ2) is 7.83. The summed E-state index contributed by atoms with van der Waals surface area (Å²) in [6.07, 6.45) is 0.178. The second-order valence-electron chi connectivity index (χ2n) is 7.28. The van der Waals surface area contributed by atoms with Crippen LogP contribution in [0.4, 0.5) is 0 Å². The van der Waals surface area contributed by atoms with Gasteiger partial charge in [0.25, 0.3) is 0 Å². The fraction of sp³-hybridized carbons (Fsp3) is 0.125. The van der Waals surface area contributed by atoms with E-state index in [4.69, 9.17) is 10.8 Å². The number of nitrogens with one attached hydrogen (secondary N) is 1. The molecule has 150 valence electrons. The number of carboxylic acids is 1. The molecule has 3 aromatic carbocycles. The van der Waals surface area contributed by atoms with Crippen LogP contribution in [0, 0.1) is 0 Å². The number of hydrogen-bond acceptors (Lipinski definition) is 3. The number of rotatable bonds is 6. The molecule has 0 aromatic heterocycles. The third-order valence-electron chi connectivity index (χ3n) is 5.40. The van der Waals surface area contributed by atoms with Crippen molar-refractivity contribution in [3.05, 3.63) is 95.1 Å². The Kier molecular flexibility index (Phi) is 5.06. The van der Waals surface area contributed by atoms with Crippen LogP contribution in [-0.4, -0.2) is 28.9 Å². The molecular weight excluding hydrogens is 380 g/mol. The first-order chi connectivity index (χ1) is 14.5. The quantitative estimate of drug-likeness (QED) is 0.591. The minimum absolute atomic E-state index is 0.151. The Hall–Kier alpha value is -3.93. The molecule has 6 nitrogen and oxygen atoms in total. The number of nitrogens with two attached hydrogens (primary N) is 1. The van der Waals surface area contributed by atoms with E-state index in [9.17, 15) is 14.4 Å². The van der Waals surface area contributed by atoms with Crippen molar-refractivity contribution >= 4 is 17.8 Å². The van der Waals surface area contributed by atoms with Crippen molar-refractivity contribution in [3.8, 4) is 11.1 Å². The van der Waals surface area contributed by atoms with Crippen molar-refractivity contribution in [2.24, 2.45) is 5.73 Å². The van der Waals surface area contributed by atoms with Gasteiger partial charge >= 0.3 is 5.97 Å². The van der Waals surface area contributed by atoms with E-state index in [1.165, 1.54) is 12.1 Å². The average Bonchev–Trinajstić information content (AvgIpc) is 3.08. The number of aromatic carboxylic acids is 1. The van der Waals surface area contributed by atoms with Gasteiger partial charge in [-0.25, -0.2) is 4.79 Å². The van der Waals surface area contributed by atoms with Crippen molar-refractivity contribution in [2.45, 2.75) is 18.4 Å². The van der Waals surface area contributed by atoms with Crippen molar-refractivity contribution in [3.63, 3.8) is 0 Å². The molecule has 30 heavy (non-hydrogen) atoms. The molecule has 0 saturated heterocycles. The number of benzene rings is 3. The topological polar surface area (TPSA) is 109 Å². The summed E-state index contributed by atoms with van der Waals surface area (Å²) >= 11 is 0. The van der Waals surface area contributed by atoms with Gasteiger partial charge in [0.05, 0.1) is 11.5 Å². The van der Waals surface area contributed by atoms with Crippen LogP contribution in [0.3, 0.4) is 0 Å². The fourth-order valence-electron chi connectivity index (χ4n) is 3.93. The van der Waals surface area contributed by atoms with E-state index in [1.807, 2.05) is 48.5 Å². The van der Waals surface area contributed by atoms with Crippen LogP contribution in [0.25, 0.3) is 11.1 Å². The summed E-state index contributed by atoms with van der Waals surface area (Å²) in [7, 11) is 0. The molecule has 0 saturated carbocycles. The van der Waals surface area contributed by atoms with Gasteiger partial charge in [-0.05, 0) is 39.9 Å². The maximum Gasteiger partial charge on any atom is 0.335 e. The summed E-state index contributed by atoms with van der Waals surface area (Å²) in [6.45, 7) is 0. The van der Waals surface area contributed by atoms with Crippen molar-refractivity contribution < 1.29 is 19.5 Å². The summed E-state index contributed by atoms with van der Waals surface area (Å²) in [5.41, 5.74) is 10.2. The minimum atomic E-state index is -1.03. The first kappa shape index (κ1) is 19.4. The zero-order chi connectivity index (χ0) is 21.3. The molecule has 6 heteroatoms. The summed E-state index contributed by atoms with van der Waals surface area (Å²) in [5.74, 6) is -2.49. The van der Waals surface area contributed by atoms with Gasteiger partial charge < -0.3 is 16.2 Å². The summed E-state index contributed by atoms with van der Waals surface area (Å²) in [4.78, 5) is 36.3. The van der Waals surface area contributed by atoms with Gasteiger partial charge in [0.1, 0.15) is 6.04 Å². The van der Waals surface area contributed by atoms with E-state index < -0.39 is 23.8 Å². The summed E-state index contributed by atoms with van der Waals surface area (Å²) < 4.78 is 0. The molecule has 1 aliphatic carbocycles. The first-order valence-electron chi connectivity index (χ1n) is 9.56. The summed E-state index contributed by atoms with van der Waals surface area (Å²) in [5, 5.41) is 11.8. The van der Waals surface area contributed by atoms with Crippen LogP contribution < -0.4 is 11.1 Å². The van der Waals surface area contributed by atoms with Gasteiger partial charge in [0, 0.05) is 6.42 Å². The first-order valence-corrected chi connectivity index (χ1v) is 9.56. The molecule has 0 unspecified atom stereocenters. The Morgan fingerprint density at radius 3 is 1.90 bits per heavy atom. The zero-order valence-corrected chi connectivity index (χ0v) is 16.0. The normalized spacial score (nSPS) is 13.2. The Labute approximate surface area is 173 Å². The zero-order valence-electron chi connectivity index (χ0n) is 16.0. The van der Waals surface area contributed by atoms with Crippen molar-refractivity contribution in [2.75, 3.05) is 0 Å². The predicted molar refractivity (Wildman–Crippen MR) is 112 cm³/mol. The van der Waals surface area contributed by atoms with Gasteiger partial charge in [0.15, 0.2) is 0 Å². The number of carboxylic acid groups (broad SMARTS) is 1. The van der Waals surface area contributed by atoms with Crippen LogP contribution in [0.5, 0.6) is 0 Å². The molecule has 3 aromatic rings. The van der Waals surface area contributed by atoms with Crippen LogP contribution in [-0.2, 0) is 16.0 Å². The lowest BCUT2D eigenvalue weighted by atomic mass is 9.95. The molecule has 1 aliphatic rings.